The fourth-order valence-electron chi connectivity index (χ4n) is 2.31. The Labute approximate surface area is 109 Å². The monoisotopic (exact) mass is 240 g/mol. The first-order chi connectivity index (χ1) is 8.88. The van der Waals surface area contributed by atoms with Crippen molar-refractivity contribution >= 4 is 0 Å². The van der Waals surface area contributed by atoms with Gasteiger partial charge in [-0.2, -0.15) is 5.26 Å². The molecule has 0 spiro atoms. The van der Waals surface area contributed by atoms with Crippen LogP contribution < -0.4 is 5.32 Å². The molecule has 2 rings (SSSR count). The zero-order valence-corrected chi connectivity index (χ0v) is 10.8. The van der Waals surface area contributed by atoms with Crippen LogP contribution in [0, 0.1) is 11.3 Å². The molecule has 0 heterocycles. The second-order valence-corrected chi connectivity index (χ2v) is 4.84. The number of nitriles is 1. The van der Waals surface area contributed by atoms with Crippen molar-refractivity contribution < 1.29 is 0 Å². The summed E-state index contributed by atoms with van der Waals surface area (Å²) in [4.78, 5) is 0. The second-order valence-electron chi connectivity index (χ2n) is 4.84. The Balaban J connectivity index is 1.68. The van der Waals surface area contributed by atoms with Crippen molar-refractivity contribution in [3.05, 3.63) is 47.0 Å². The fourth-order valence-corrected chi connectivity index (χ4v) is 2.31. The largest absolute Gasteiger partial charge is 0.312 e. The van der Waals surface area contributed by atoms with Gasteiger partial charge in [-0.15, -0.1) is 0 Å². The molecular weight excluding hydrogens is 220 g/mol. The van der Waals surface area contributed by atoms with Crippen molar-refractivity contribution in [2.24, 2.45) is 0 Å². The van der Waals surface area contributed by atoms with E-state index in [-0.39, 0.29) is 0 Å². The number of hydrogen-bond donors (Lipinski definition) is 1. The summed E-state index contributed by atoms with van der Waals surface area (Å²) in [6, 6.07) is 9.93. The summed E-state index contributed by atoms with van der Waals surface area (Å²) in [6.45, 7) is 1.94. The molecule has 0 aliphatic heterocycles. The van der Waals surface area contributed by atoms with Gasteiger partial charge in [0.25, 0.3) is 0 Å². The molecule has 2 heteroatoms. The zero-order valence-electron chi connectivity index (χ0n) is 10.8. The molecule has 0 saturated carbocycles. The number of benzene rings is 1. The van der Waals surface area contributed by atoms with Gasteiger partial charge in [-0.3, -0.25) is 0 Å². The van der Waals surface area contributed by atoms with E-state index in [1.807, 2.05) is 24.3 Å². The van der Waals surface area contributed by atoms with Crippen LogP contribution in [0.2, 0.25) is 0 Å². The van der Waals surface area contributed by atoms with Gasteiger partial charge in [-0.25, -0.2) is 0 Å². The minimum Gasteiger partial charge on any atom is -0.312 e. The van der Waals surface area contributed by atoms with Crippen LogP contribution in [0.3, 0.4) is 0 Å². The van der Waals surface area contributed by atoms with Crippen LogP contribution in [-0.2, 0) is 6.54 Å². The summed E-state index contributed by atoms with van der Waals surface area (Å²) >= 11 is 0. The molecule has 0 fully saturated rings. The van der Waals surface area contributed by atoms with Crippen molar-refractivity contribution in [1.29, 1.82) is 5.26 Å². The van der Waals surface area contributed by atoms with Crippen molar-refractivity contribution in [2.75, 3.05) is 6.54 Å². The van der Waals surface area contributed by atoms with E-state index in [4.69, 9.17) is 5.26 Å². The second kappa shape index (κ2) is 6.98. The van der Waals surface area contributed by atoms with Gasteiger partial charge in [0.2, 0.25) is 0 Å². The molecule has 0 amide bonds. The molecule has 0 saturated heterocycles. The Kier molecular flexibility index (Phi) is 4.99. The highest BCUT2D eigenvalue weighted by Gasteiger charge is 2.02. The number of hydrogen-bond acceptors (Lipinski definition) is 2. The molecule has 1 aliphatic carbocycles. The van der Waals surface area contributed by atoms with Crippen molar-refractivity contribution in [2.45, 2.75) is 38.6 Å². The normalized spacial score (nSPS) is 14.9. The maximum absolute atomic E-state index is 8.71. The lowest BCUT2D eigenvalue weighted by molar-refractivity contribution is 0.632. The molecule has 18 heavy (non-hydrogen) atoms. The molecule has 94 valence electrons. The molecule has 0 atom stereocenters. The van der Waals surface area contributed by atoms with Crippen molar-refractivity contribution in [1.82, 2.24) is 5.32 Å². The summed E-state index contributed by atoms with van der Waals surface area (Å²) in [5.41, 5.74) is 3.59. The summed E-state index contributed by atoms with van der Waals surface area (Å²) in [7, 11) is 0. The number of nitrogens with one attached hydrogen (secondary N) is 1. The standard InChI is InChI=1S/C16H20N2/c17-12-15-6-8-16(9-7-15)13-18-11-10-14-4-2-1-3-5-14/h4,6-9,18H,1-3,5,10-11,13H2. The molecule has 0 bridgehead atoms. The molecule has 1 aromatic rings. The first-order valence-corrected chi connectivity index (χ1v) is 6.76. The number of allylic oxidation sites excluding steroid dienone is 1. The minimum atomic E-state index is 0.728. The average molecular weight is 240 g/mol. The lowest BCUT2D eigenvalue weighted by Gasteiger charge is -2.12. The Bertz CT molecular complexity index is 437. The SMILES string of the molecule is N#Cc1ccc(CNCCC2=CCCCC2)cc1. The molecule has 1 N–H and O–H groups in total. The van der Waals surface area contributed by atoms with Crippen molar-refractivity contribution in [3.63, 3.8) is 0 Å². The van der Waals surface area contributed by atoms with Crippen LogP contribution in [-0.4, -0.2) is 6.54 Å². The van der Waals surface area contributed by atoms with Crippen LogP contribution in [0.5, 0.6) is 0 Å². The molecule has 0 aromatic heterocycles. The molecular formula is C16H20N2. The molecule has 0 radical (unpaired) electrons. The zero-order chi connectivity index (χ0) is 12.6. The maximum atomic E-state index is 8.71. The highest BCUT2D eigenvalue weighted by atomic mass is 14.8. The van der Waals surface area contributed by atoms with Gasteiger partial charge in [0.15, 0.2) is 0 Å². The first kappa shape index (κ1) is 12.9. The van der Waals surface area contributed by atoms with E-state index in [9.17, 15) is 0 Å². The van der Waals surface area contributed by atoms with Crippen LogP contribution >= 0.6 is 0 Å². The molecule has 1 aromatic carbocycles. The van der Waals surface area contributed by atoms with E-state index in [2.05, 4.69) is 17.5 Å². The number of rotatable bonds is 5. The Morgan fingerprint density at radius 3 is 2.67 bits per heavy atom. The average Bonchev–Trinajstić information content (AvgIpc) is 2.45. The van der Waals surface area contributed by atoms with Crippen LogP contribution in [0.25, 0.3) is 0 Å². The van der Waals surface area contributed by atoms with Crippen LogP contribution in [0.15, 0.2) is 35.9 Å². The predicted molar refractivity (Wildman–Crippen MR) is 74.0 cm³/mol. The predicted octanol–water partition coefficient (Wildman–Crippen LogP) is 3.54. The van der Waals surface area contributed by atoms with E-state index in [1.54, 1.807) is 5.57 Å². The van der Waals surface area contributed by atoms with Gasteiger partial charge >= 0.3 is 0 Å². The van der Waals surface area contributed by atoms with Crippen LogP contribution in [0.4, 0.5) is 0 Å². The van der Waals surface area contributed by atoms with E-state index in [1.165, 1.54) is 37.7 Å². The fraction of sp³-hybridized carbons (Fsp3) is 0.438. The van der Waals surface area contributed by atoms with E-state index in [0.29, 0.717) is 0 Å². The van der Waals surface area contributed by atoms with Gasteiger partial charge < -0.3 is 5.32 Å². The maximum Gasteiger partial charge on any atom is 0.0991 e. The van der Waals surface area contributed by atoms with Gasteiger partial charge in [-0.1, -0.05) is 23.8 Å². The first-order valence-electron chi connectivity index (χ1n) is 6.76. The molecule has 0 unspecified atom stereocenters. The van der Waals surface area contributed by atoms with Crippen molar-refractivity contribution in [3.8, 4) is 6.07 Å². The highest BCUT2D eigenvalue weighted by molar-refractivity contribution is 5.31. The number of nitrogens with zero attached hydrogens (tertiary/aromatic N) is 1. The van der Waals surface area contributed by atoms with E-state index < -0.39 is 0 Å². The summed E-state index contributed by atoms with van der Waals surface area (Å²) < 4.78 is 0. The molecule has 2 nitrogen and oxygen atoms in total. The summed E-state index contributed by atoms with van der Waals surface area (Å²) in [5.74, 6) is 0. The lowest BCUT2D eigenvalue weighted by atomic mass is 9.97. The minimum absolute atomic E-state index is 0.728. The lowest BCUT2D eigenvalue weighted by Crippen LogP contribution is -2.15. The van der Waals surface area contributed by atoms with Gasteiger partial charge in [0.05, 0.1) is 11.6 Å². The summed E-state index contributed by atoms with van der Waals surface area (Å²) in [5, 5.41) is 12.2. The molecule has 1 aliphatic rings. The van der Waals surface area contributed by atoms with E-state index in [0.717, 1.165) is 18.7 Å². The third kappa shape index (κ3) is 4.01. The third-order valence-electron chi connectivity index (χ3n) is 3.42. The van der Waals surface area contributed by atoms with Gasteiger partial charge in [-0.05, 0) is 56.3 Å². The smallest absolute Gasteiger partial charge is 0.0991 e. The quantitative estimate of drug-likeness (QED) is 0.631. The summed E-state index contributed by atoms with van der Waals surface area (Å²) in [6.07, 6.45) is 8.87. The third-order valence-corrected chi connectivity index (χ3v) is 3.42. The van der Waals surface area contributed by atoms with Crippen LogP contribution in [0.1, 0.15) is 43.2 Å². The van der Waals surface area contributed by atoms with E-state index >= 15 is 0 Å². The highest BCUT2D eigenvalue weighted by Crippen LogP contribution is 2.19. The Hall–Kier alpha value is -1.59. The van der Waals surface area contributed by atoms with Gasteiger partial charge in [0, 0.05) is 6.54 Å². The Morgan fingerprint density at radius 1 is 1.17 bits per heavy atom. The topological polar surface area (TPSA) is 35.8 Å². The Morgan fingerprint density at radius 2 is 2.00 bits per heavy atom. The van der Waals surface area contributed by atoms with Gasteiger partial charge in [0.1, 0.15) is 0 Å².